The molecule has 0 unspecified atom stereocenters. The van der Waals surface area contributed by atoms with Crippen LogP contribution >= 0.6 is 11.3 Å². The number of carbonyl (C=O) groups is 1. The highest BCUT2D eigenvalue weighted by Crippen LogP contribution is 2.31. The number of nitrogens with zero attached hydrogens (tertiary/aromatic N) is 1. The average Bonchev–Trinajstić information content (AvgIpc) is 3.01. The molecule has 26 heavy (non-hydrogen) atoms. The third-order valence-electron chi connectivity index (χ3n) is 3.81. The standard InChI is InChI=1S/C19H16F2N2O2S/c1-11-17(18(24)22-10-12-6-3-4-9-15(12)25-2)26-19(23-11)16-13(20)7-5-8-14(16)21/h3-9H,10H2,1-2H3,(H,22,24). The molecule has 1 amide bonds. The Kier molecular flexibility index (Phi) is 5.27. The van der Waals surface area contributed by atoms with Crippen LogP contribution in [-0.4, -0.2) is 18.0 Å². The Morgan fingerprint density at radius 1 is 1.15 bits per heavy atom. The van der Waals surface area contributed by atoms with Gasteiger partial charge in [0, 0.05) is 12.1 Å². The molecule has 2 aromatic carbocycles. The fourth-order valence-corrected chi connectivity index (χ4v) is 3.55. The summed E-state index contributed by atoms with van der Waals surface area (Å²) in [6, 6.07) is 11.0. The molecule has 1 heterocycles. The number of para-hydroxylation sites is 1. The van der Waals surface area contributed by atoms with Crippen LogP contribution in [0, 0.1) is 18.6 Å². The predicted octanol–water partition coefficient (Wildman–Crippen LogP) is 4.34. The van der Waals surface area contributed by atoms with Crippen molar-refractivity contribution in [2.75, 3.05) is 7.11 Å². The van der Waals surface area contributed by atoms with Crippen LogP contribution in [0.15, 0.2) is 42.5 Å². The number of halogens is 2. The zero-order valence-corrected chi connectivity index (χ0v) is 15.0. The van der Waals surface area contributed by atoms with Crippen molar-refractivity contribution in [3.63, 3.8) is 0 Å². The molecule has 0 aliphatic heterocycles. The minimum atomic E-state index is -0.709. The molecule has 7 heteroatoms. The number of benzene rings is 2. The maximum Gasteiger partial charge on any atom is 0.263 e. The highest BCUT2D eigenvalue weighted by atomic mass is 32.1. The third-order valence-corrected chi connectivity index (χ3v) is 4.99. The van der Waals surface area contributed by atoms with Crippen LogP contribution in [0.3, 0.4) is 0 Å². The molecule has 3 rings (SSSR count). The van der Waals surface area contributed by atoms with E-state index in [2.05, 4.69) is 10.3 Å². The minimum Gasteiger partial charge on any atom is -0.496 e. The highest BCUT2D eigenvalue weighted by Gasteiger charge is 2.20. The van der Waals surface area contributed by atoms with E-state index in [0.717, 1.165) is 29.0 Å². The lowest BCUT2D eigenvalue weighted by Gasteiger charge is -2.09. The second-order valence-corrected chi connectivity index (χ2v) is 6.52. The molecule has 134 valence electrons. The molecular formula is C19H16F2N2O2S. The lowest BCUT2D eigenvalue weighted by atomic mass is 10.2. The van der Waals surface area contributed by atoms with Crippen LogP contribution < -0.4 is 10.1 Å². The summed E-state index contributed by atoms with van der Waals surface area (Å²) < 4.78 is 33.1. The molecule has 3 aromatic rings. The van der Waals surface area contributed by atoms with Gasteiger partial charge in [-0.1, -0.05) is 24.3 Å². The van der Waals surface area contributed by atoms with E-state index in [4.69, 9.17) is 4.74 Å². The van der Waals surface area contributed by atoms with E-state index in [9.17, 15) is 13.6 Å². The van der Waals surface area contributed by atoms with Gasteiger partial charge in [0.1, 0.15) is 27.3 Å². The van der Waals surface area contributed by atoms with Gasteiger partial charge in [-0.05, 0) is 25.1 Å². The predicted molar refractivity (Wildman–Crippen MR) is 96.4 cm³/mol. The van der Waals surface area contributed by atoms with Gasteiger partial charge in [0.05, 0.1) is 18.4 Å². The Bertz CT molecular complexity index is 936. The lowest BCUT2D eigenvalue weighted by Crippen LogP contribution is -2.22. The van der Waals surface area contributed by atoms with Crippen molar-refractivity contribution < 1.29 is 18.3 Å². The van der Waals surface area contributed by atoms with E-state index in [-0.39, 0.29) is 23.0 Å². The van der Waals surface area contributed by atoms with Crippen molar-refractivity contribution in [2.24, 2.45) is 0 Å². The van der Waals surface area contributed by atoms with Crippen LogP contribution in [0.1, 0.15) is 20.9 Å². The van der Waals surface area contributed by atoms with Crippen molar-refractivity contribution >= 4 is 17.2 Å². The number of aryl methyl sites for hydroxylation is 1. The summed E-state index contributed by atoms with van der Waals surface area (Å²) in [4.78, 5) is 17.0. The van der Waals surface area contributed by atoms with E-state index in [0.29, 0.717) is 16.3 Å². The Morgan fingerprint density at radius 3 is 2.54 bits per heavy atom. The summed E-state index contributed by atoms with van der Waals surface area (Å²) in [5, 5.41) is 2.93. The zero-order valence-electron chi connectivity index (χ0n) is 14.2. The maximum atomic E-state index is 13.9. The van der Waals surface area contributed by atoms with Crippen LogP contribution in [-0.2, 0) is 6.54 Å². The van der Waals surface area contributed by atoms with Gasteiger partial charge >= 0.3 is 0 Å². The molecule has 4 nitrogen and oxygen atoms in total. The molecule has 0 aliphatic carbocycles. The third kappa shape index (κ3) is 3.57. The Labute approximate surface area is 153 Å². The average molecular weight is 374 g/mol. The number of rotatable bonds is 5. The van der Waals surface area contributed by atoms with Crippen molar-refractivity contribution in [1.29, 1.82) is 0 Å². The number of carbonyl (C=O) groups excluding carboxylic acids is 1. The van der Waals surface area contributed by atoms with Crippen molar-refractivity contribution in [2.45, 2.75) is 13.5 Å². The van der Waals surface area contributed by atoms with Crippen molar-refractivity contribution in [3.05, 3.63) is 70.2 Å². The van der Waals surface area contributed by atoms with Crippen LogP contribution in [0.25, 0.3) is 10.6 Å². The van der Waals surface area contributed by atoms with E-state index >= 15 is 0 Å². The molecule has 1 aromatic heterocycles. The van der Waals surface area contributed by atoms with Gasteiger partial charge in [-0.15, -0.1) is 11.3 Å². The summed E-state index contributed by atoms with van der Waals surface area (Å²) in [5.74, 6) is -1.10. The normalized spacial score (nSPS) is 10.6. The first kappa shape index (κ1) is 18.0. The second-order valence-electron chi connectivity index (χ2n) is 5.52. The fourth-order valence-electron chi connectivity index (χ4n) is 2.52. The Morgan fingerprint density at radius 2 is 1.85 bits per heavy atom. The van der Waals surface area contributed by atoms with Gasteiger partial charge in [-0.25, -0.2) is 13.8 Å². The monoisotopic (exact) mass is 374 g/mol. The van der Waals surface area contributed by atoms with E-state index in [1.165, 1.54) is 6.07 Å². The molecule has 0 saturated heterocycles. The minimum absolute atomic E-state index is 0.139. The SMILES string of the molecule is COc1ccccc1CNC(=O)c1sc(-c2c(F)cccc2F)nc1C. The summed E-state index contributed by atoms with van der Waals surface area (Å²) in [5.41, 5.74) is 1.03. The molecule has 0 spiro atoms. The largest absolute Gasteiger partial charge is 0.496 e. The van der Waals surface area contributed by atoms with Crippen LogP contribution in [0.2, 0.25) is 0 Å². The smallest absolute Gasteiger partial charge is 0.263 e. The molecule has 0 radical (unpaired) electrons. The number of nitrogens with one attached hydrogen (secondary N) is 1. The summed E-state index contributed by atoms with van der Waals surface area (Å²) >= 11 is 0.960. The number of methoxy groups -OCH3 is 1. The quantitative estimate of drug-likeness (QED) is 0.723. The van der Waals surface area contributed by atoms with Crippen LogP contribution in [0.5, 0.6) is 5.75 Å². The molecule has 0 fully saturated rings. The van der Waals surface area contributed by atoms with E-state index < -0.39 is 11.6 Å². The summed E-state index contributed by atoms with van der Waals surface area (Å²) in [6.45, 7) is 1.90. The van der Waals surface area contributed by atoms with E-state index in [1.54, 1.807) is 20.1 Å². The van der Waals surface area contributed by atoms with Gasteiger partial charge in [0.25, 0.3) is 5.91 Å². The molecule has 0 bridgehead atoms. The molecule has 0 aliphatic rings. The number of ether oxygens (including phenoxy) is 1. The van der Waals surface area contributed by atoms with Crippen LogP contribution in [0.4, 0.5) is 8.78 Å². The molecule has 1 N–H and O–H groups in total. The number of amides is 1. The molecule has 0 saturated carbocycles. The summed E-state index contributed by atoms with van der Waals surface area (Å²) in [6.07, 6.45) is 0. The molecule has 0 atom stereocenters. The lowest BCUT2D eigenvalue weighted by molar-refractivity contribution is 0.0954. The number of thiazole rings is 1. The van der Waals surface area contributed by atoms with E-state index in [1.807, 2.05) is 18.2 Å². The van der Waals surface area contributed by atoms with Gasteiger partial charge < -0.3 is 10.1 Å². The zero-order chi connectivity index (χ0) is 18.7. The number of hydrogen-bond acceptors (Lipinski definition) is 4. The van der Waals surface area contributed by atoms with Crippen molar-refractivity contribution in [1.82, 2.24) is 10.3 Å². The van der Waals surface area contributed by atoms with Gasteiger partial charge in [0.2, 0.25) is 0 Å². The van der Waals surface area contributed by atoms with Gasteiger partial charge in [-0.2, -0.15) is 0 Å². The molecular weight excluding hydrogens is 358 g/mol. The first-order chi connectivity index (χ1) is 12.5. The summed E-state index contributed by atoms with van der Waals surface area (Å²) in [7, 11) is 1.56. The number of aromatic nitrogens is 1. The Hall–Kier alpha value is -2.80. The second kappa shape index (κ2) is 7.61. The fraction of sp³-hybridized carbons (Fsp3) is 0.158. The van der Waals surface area contributed by atoms with Gasteiger partial charge in [0.15, 0.2) is 0 Å². The topological polar surface area (TPSA) is 51.2 Å². The first-order valence-corrected chi connectivity index (χ1v) is 8.64. The van der Waals surface area contributed by atoms with Crippen molar-refractivity contribution in [3.8, 4) is 16.3 Å². The highest BCUT2D eigenvalue weighted by molar-refractivity contribution is 7.17. The maximum absolute atomic E-state index is 13.9. The first-order valence-electron chi connectivity index (χ1n) is 7.83. The van der Waals surface area contributed by atoms with Gasteiger partial charge in [-0.3, -0.25) is 4.79 Å². The Balaban J connectivity index is 1.82. The number of hydrogen-bond donors (Lipinski definition) is 1.